The standard InChI is InChI=1S/C29H29NO6/c1-2-35-22-6-4-21(5-7-22)30-26(32)23-8-3-20(12-24(23)27(30)33)28(34)36-16-25(31)29-13-17-9-18(14-29)11-19(10-17)15-29/h3-8,12,17-19H,2,9-11,13-16H2,1H3. The number of nitrogens with zero attached hydrogens (tertiary/aromatic N) is 1. The van der Waals surface area contributed by atoms with E-state index in [0.717, 1.165) is 24.2 Å². The van der Waals surface area contributed by atoms with Crippen LogP contribution in [-0.4, -0.2) is 36.8 Å². The van der Waals surface area contributed by atoms with Crippen LogP contribution in [0.2, 0.25) is 0 Å². The minimum Gasteiger partial charge on any atom is -0.494 e. The van der Waals surface area contributed by atoms with Crippen molar-refractivity contribution < 1.29 is 28.7 Å². The van der Waals surface area contributed by atoms with Gasteiger partial charge in [0.15, 0.2) is 12.4 Å². The van der Waals surface area contributed by atoms with Crippen molar-refractivity contribution in [3.05, 3.63) is 59.2 Å². The summed E-state index contributed by atoms with van der Waals surface area (Å²) in [6, 6.07) is 11.0. The van der Waals surface area contributed by atoms with Crippen LogP contribution in [-0.2, 0) is 9.53 Å². The van der Waals surface area contributed by atoms with E-state index in [9.17, 15) is 19.2 Å². The van der Waals surface area contributed by atoms with Gasteiger partial charge in [-0.25, -0.2) is 9.69 Å². The molecule has 36 heavy (non-hydrogen) atoms. The first kappa shape index (κ1) is 23.0. The zero-order valence-electron chi connectivity index (χ0n) is 20.3. The number of carbonyl (C=O) groups excluding carboxylic acids is 4. The highest BCUT2D eigenvalue weighted by molar-refractivity contribution is 6.34. The highest BCUT2D eigenvalue weighted by atomic mass is 16.5. The Labute approximate surface area is 209 Å². The molecule has 2 aromatic rings. The molecule has 4 saturated carbocycles. The second kappa shape index (κ2) is 8.57. The van der Waals surface area contributed by atoms with Crippen molar-refractivity contribution in [3.8, 4) is 5.75 Å². The first-order chi connectivity index (χ1) is 17.4. The van der Waals surface area contributed by atoms with Crippen molar-refractivity contribution in [1.82, 2.24) is 0 Å². The third-order valence-corrected chi connectivity index (χ3v) is 8.49. The van der Waals surface area contributed by atoms with Crippen LogP contribution in [0, 0.1) is 23.2 Å². The molecule has 1 aliphatic heterocycles. The number of carbonyl (C=O) groups is 4. The zero-order valence-corrected chi connectivity index (χ0v) is 20.3. The van der Waals surface area contributed by atoms with E-state index in [-0.39, 0.29) is 34.5 Å². The van der Waals surface area contributed by atoms with Crippen LogP contribution in [0.4, 0.5) is 5.69 Å². The Morgan fingerprint density at radius 2 is 1.50 bits per heavy atom. The maximum atomic E-state index is 13.2. The number of Topliss-reactive ketones (excluding diaryl/α,β-unsaturated/α-hetero) is 1. The summed E-state index contributed by atoms with van der Waals surface area (Å²) in [5.41, 5.74) is 0.635. The molecular formula is C29H29NO6. The summed E-state index contributed by atoms with van der Waals surface area (Å²) in [5, 5.41) is 0. The lowest BCUT2D eigenvalue weighted by molar-refractivity contribution is -0.147. The molecule has 0 unspecified atom stereocenters. The monoisotopic (exact) mass is 487 g/mol. The topological polar surface area (TPSA) is 90.0 Å². The van der Waals surface area contributed by atoms with Crippen molar-refractivity contribution in [1.29, 1.82) is 0 Å². The Bertz CT molecular complexity index is 1230. The largest absolute Gasteiger partial charge is 0.494 e. The van der Waals surface area contributed by atoms with E-state index in [2.05, 4.69) is 0 Å². The van der Waals surface area contributed by atoms with Gasteiger partial charge in [0.1, 0.15) is 5.75 Å². The molecule has 4 bridgehead atoms. The van der Waals surface area contributed by atoms with Crippen molar-refractivity contribution >= 4 is 29.3 Å². The second-order valence-corrected chi connectivity index (χ2v) is 10.8. The molecule has 5 aliphatic rings. The van der Waals surface area contributed by atoms with Gasteiger partial charge in [0.05, 0.1) is 29.0 Å². The fraction of sp³-hybridized carbons (Fsp3) is 0.448. The lowest BCUT2D eigenvalue weighted by Crippen LogP contribution is -2.51. The normalized spacial score (nSPS) is 27.8. The van der Waals surface area contributed by atoms with Gasteiger partial charge in [-0.2, -0.15) is 0 Å². The lowest BCUT2D eigenvalue weighted by Gasteiger charge is -2.55. The predicted octanol–water partition coefficient (Wildman–Crippen LogP) is 4.83. The van der Waals surface area contributed by atoms with Crippen LogP contribution >= 0.6 is 0 Å². The van der Waals surface area contributed by atoms with E-state index in [1.54, 1.807) is 24.3 Å². The molecule has 7 nitrogen and oxygen atoms in total. The quantitative estimate of drug-likeness (QED) is 0.411. The minimum absolute atomic E-state index is 0.0315. The number of ether oxygens (including phenoxy) is 2. The fourth-order valence-corrected chi connectivity index (χ4v) is 7.28. The number of fused-ring (bicyclic) bond motifs is 1. The van der Waals surface area contributed by atoms with Crippen LogP contribution in [0.15, 0.2) is 42.5 Å². The van der Waals surface area contributed by atoms with E-state index < -0.39 is 17.8 Å². The van der Waals surface area contributed by atoms with Gasteiger partial charge < -0.3 is 9.47 Å². The molecule has 0 atom stereocenters. The first-order valence-corrected chi connectivity index (χ1v) is 12.8. The number of amides is 2. The molecule has 0 aromatic heterocycles. The predicted molar refractivity (Wildman–Crippen MR) is 131 cm³/mol. The maximum absolute atomic E-state index is 13.2. The number of hydrogen-bond donors (Lipinski definition) is 0. The van der Waals surface area contributed by atoms with Gasteiger partial charge in [0.2, 0.25) is 0 Å². The number of anilines is 1. The van der Waals surface area contributed by atoms with Crippen molar-refractivity contribution in [2.45, 2.75) is 45.4 Å². The van der Waals surface area contributed by atoms with E-state index >= 15 is 0 Å². The van der Waals surface area contributed by atoms with Crippen LogP contribution in [0.1, 0.15) is 76.5 Å². The number of ketones is 1. The molecule has 0 radical (unpaired) electrons. The molecule has 0 saturated heterocycles. The van der Waals surface area contributed by atoms with Crippen LogP contribution in [0.5, 0.6) is 5.75 Å². The van der Waals surface area contributed by atoms with Crippen molar-refractivity contribution in [2.24, 2.45) is 23.2 Å². The summed E-state index contributed by atoms with van der Waals surface area (Å²) in [7, 11) is 0. The minimum atomic E-state index is -0.657. The Kier molecular flexibility index (Phi) is 5.47. The molecule has 4 aliphatic carbocycles. The number of imide groups is 1. The van der Waals surface area contributed by atoms with Crippen LogP contribution in [0.25, 0.3) is 0 Å². The van der Waals surface area contributed by atoms with Crippen molar-refractivity contribution in [3.63, 3.8) is 0 Å². The molecule has 0 N–H and O–H groups in total. The number of esters is 1. The third kappa shape index (κ3) is 3.72. The van der Waals surface area contributed by atoms with Crippen LogP contribution < -0.4 is 9.64 Å². The summed E-state index contributed by atoms with van der Waals surface area (Å²) in [5.74, 6) is 0.971. The van der Waals surface area contributed by atoms with Crippen molar-refractivity contribution in [2.75, 3.05) is 18.1 Å². The molecule has 7 heteroatoms. The van der Waals surface area contributed by atoms with Gasteiger partial charge in [0, 0.05) is 5.41 Å². The van der Waals surface area contributed by atoms with Gasteiger partial charge in [-0.05, 0) is 106 Å². The number of rotatable bonds is 7. The smallest absolute Gasteiger partial charge is 0.338 e. The summed E-state index contributed by atoms with van der Waals surface area (Å²) >= 11 is 0. The van der Waals surface area contributed by atoms with Gasteiger partial charge in [-0.15, -0.1) is 0 Å². The van der Waals surface area contributed by atoms with Crippen LogP contribution in [0.3, 0.4) is 0 Å². The van der Waals surface area contributed by atoms with Gasteiger partial charge in [0.25, 0.3) is 11.8 Å². The summed E-state index contributed by atoms with van der Waals surface area (Å²) < 4.78 is 10.9. The second-order valence-electron chi connectivity index (χ2n) is 10.8. The Morgan fingerprint density at radius 1 is 0.889 bits per heavy atom. The van der Waals surface area contributed by atoms with E-state index in [4.69, 9.17) is 9.47 Å². The number of benzene rings is 2. The highest BCUT2D eigenvalue weighted by Crippen LogP contribution is 2.60. The molecular weight excluding hydrogens is 458 g/mol. The SMILES string of the molecule is CCOc1ccc(N2C(=O)c3ccc(C(=O)OCC(=O)C45CC6CC(CC(C6)C4)C5)cc3C2=O)cc1. The molecule has 1 heterocycles. The zero-order chi connectivity index (χ0) is 25.0. The fourth-order valence-electron chi connectivity index (χ4n) is 7.28. The average molecular weight is 488 g/mol. The molecule has 2 aromatic carbocycles. The molecule has 4 fully saturated rings. The summed E-state index contributed by atoms with van der Waals surface area (Å²) in [6.45, 7) is 2.15. The Hall–Kier alpha value is -3.48. The maximum Gasteiger partial charge on any atom is 0.338 e. The van der Waals surface area contributed by atoms with E-state index in [0.29, 0.717) is 35.8 Å². The third-order valence-electron chi connectivity index (χ3n) is 8.49. The van der Waals surface area contributed by atoms with Gasteiger partial charge in [-0.3, -0.25) is 14.4 Å². The lowest BCUT2D eigenvalue weighted by atomic mass is 9.48. The summed E-state index contributed by atoms with van der Waals surface area (Å²) in [6.07, 6.45) is 6.48. The average Bonchev–Trinajstić information content (AvgIpc) is 3.11. The molecule has 2 amide bonds. The Morgan fingerprint density at radius 3 is 2.11 bits per heavy atom. The van der Waals surface area contributed by atoms with E-state index in [1.807, 2.05) is 6.92 Å². The molecule has 186 valence electrons. The summed E-state index contributed by atoms with van der Waals surface area (Å²) in [4.78, 5) is 53.1. The van der Waals surface area contributed by atoms with Gasteiger partial charge in [-0.1, -0.05) is 0 Å². The molecule has 0 spiro atoms. The first-order valence-electron chi connectivity index (χ1n) is 12.8. The Balaban J connectivity index is 1.15. The van der Waals surface area contributed by atoms with Gasteiger partial charge >= 0.3 is 5.97 Å². The molecule has 7 rings (SSSR count). The van der Waals surface area contributed by atoms with E-state index in [1.165, 1.54) is 37.5 Å². The highest BCUT2D eigenvalue weighted by Gasteiger charge is 2.54. The number of hydrogen-bond acceptors (Lipinski definition) is 6.